The second-order valence-electron chi connectivity index (χ2n) is 7.62. The summed E-state index contributed by atoms with van der Waals surface area (Å²) in [6.45, 7) is -0.0756. The summed E-state index contributed by atoms with van der Waals surface area (Å²) in [5.41, 5.74) is 2.29. The van der Waals surface area contributed by atoms with Gasteiger partial charge in [0.2, 0.25) is 0 Å². The van der Waals surface area contributed by atoms with E-state index in [1.807, 2.05) is 24.3 Å². The van der Waals surface area contributed by atoms with Crippen LogP contribution in [0, 0.1) is 0 Å². The predicted molar refractivity (Wildman–Crippen MR) is 116 cm³/mol. The van der Waals surface area contributed by atoms with Crippen molar-refractivity contribution in [3.8, 4) is 5.75 Å². The highest BCUT2D eigenvalue weighted by Gasteiger charge is 2.13. The van der Waals surface area contributed by atoms with Crippen LogP contribution in [0.5, 0.6) is 5.75 Å². The van der Waals surface area contributed by atoms with Crippen LogP contribution in [0.3, 0.4) is 0 Å². The van der Waals surface area contributed by atoms with E-state index >= 15 is 0 Å². The third kappa shape index (κ3) is 6.24. The topological polar surface area (TPSA) is 70.7 Å². The fourth-order valence-electron chi connectivity index (χ4n) is 3.43. The van der Waals surface area contributed by atoms with Crippen molar-refractivity contribution in [2.24, 2.45) is 0 Å². The van der Waals surface area contributed by atoms with Crippen molar-refractivity contribution in [1.82, 2.24) is 4.90 Å². The molecule has 1 saturated carbocycles. The Morgan fingerprint density at radius 1 is 0.931 bits per heavy atom. The summed E-state index contributed by atoms with van der Waals surface area (Å²) in [6, 6.07) is 15.1. The first-order valence-electron chi connectivity index (χ1n) is 10.1. The Balaban J connectivity index is 1.44. The van der Waals surface area contributed by atoms with Gasteiger partial charge in [0, 0.05) is 37.1 Å². The summed E-state index contributed by atoms with van der Waals surface area (Å²) in [4.78, 5) is 25.5. The predicted octanol–water partition coefficient (Wildman–Crippen LogP) is 4.15. The van der Waals surface area contributed by atoms with Crippen LogP contribution in [0.15, 0.2) is 48.5 Å². The average molecular weight is 396 g/mol. The van der Waals surface area contributed by atoms with E-state index in [9.17, 15) is 9.59 Å². The Kier molecular flexibility index (Phi) is 7.11. The fraction of sp³-hybridized carbons (Fsp3) is 0.391. The van der Waals surface area contributed by atoms with Crippen LogP contribution in [-0.2, 0) is 4.79 Å². The summed E-state index contributed by atoms with van der Waals surface area (Å²) in [7, 11) is 3.40. The van der Waals surface area contributed by atoms with Crippen LogP contribution in [0.1, 0.15) is 42.5 Å². The number of hydrogen-bond acceptors (Lipinski definition) is 4. The second kappa shape index (κ2) is 9.96. The number of carbonyl (C=O) groups is 2. The highest BCUT2D eigenvalue weighted by molar-refractivity contribution is 5.95. The third-order valence-electron chi connectivity index (χ3n) is 5.02. The van der Waals surface area contributed by atoms with Gasteiger partial charge in [-0.15, -0.1) is 0 Å². The molecule has 0 aromatic heterocycles. The van der Waals surface area contributed by atoms with Crippen molar-refractivity contribution in [2.45, 2.75) is 38.1 Å². The molecule has 6 heteroatoms. The molecule has 2 amide bonds. The lowest BCUT2D eigenvalue weighted by molar-refractivity contribution is -0.118. The molecule has 0 heterocycles. The number of benzene rings is 2. The van der Waals surface area contributed by atoms with Gasteiger partial charge < -0.3 is 20.3 Å². The van der Waals surface area contributed by atoms with E-state index in [4.69, 9.17) is 4.74 Å². The van der Waals surface area contributed by atoms with Gasteiger partial charge in [0.25, 0.3) is 11.8 Å². The summed E-state index contributed by atoms with van der Waals surface area (Å²) in [5, 5.41) is 6.34. The van der Waals surface area contributed by atoms with E-state index in [0.717, 1.165) is 5.69 Å². The summed E-state index contributed by atoms with van der Waals surface area (Å²) < 4.78 is 5.58. The maximum atomic E-state index is 12.1. The molecule has 1 aliphatic carbocycles. The summed E-state index contributed by atoms with van der Waals surface area (Å²) in [5.74, 6) is 0.329. The van der Waals surface area contributed by atoms with Crippen molar-refractivity contribution in [3.63, 3.8) is 0 Å². The van der Waals surface area contributed by atoms with Crippen LogP contribution in [0.25, 0.3) is 0 Å². The molecule has 2 aromatic rings. The number of hydrogen-bond donors (Lipinski definition) is 2. The minimum Gasteiger partial charge on any atom is -0.484 e. The zero-order chi connectivity index (χ0) is 20.6. The molecule has 0 radical (unpaired) electrons. The molecular weight excluding hydrogens is 366 g/mol. The second-order valence-corrected chi connectivity index (χ2v) is 7.62. The quantitative estimate of drug-likeness (QED) is 0.739. The molecule has 0 aliphatic heterocycles. The van der Waals surface area contributed by atoms with Gasteiger partial charge in [-0.05, 0) is 61.4 Å². The Hall–Kier alpha value is -3.02. The number of ether oxygens (including phenoxy) is 1. The van der Waals surface area contributed by atoms with Gasteiger partial charge >= 0.3 is 0 Å². The van der Waals surface area contributed by atoms with Crippen molar-refractivity contribution in [3.05, 3.63) is 54.1 Å². The number of anilines is 2. The van der Waals surface area contributed by atoms with Crippen molar-refractivity contribution >= 4 is 23.2 Å². The van der Waals surface area contributed by atoms with Crippen LogP contribution in [0.4, 0.5) is 11.4 Å². The Bertz CT molecular complexity index is 810. The molecule has 0 spiro atoms. The van der Waals surface area contributed by atoms with E-state index in [-0.39, 0.29) is 18.4 Å². The smallest absolute Gasteiger partial charge is 0.262 e. The summed E-state index contributed by atoms with van der Waals surface area (Å²) >= 11 is 0. The molecule has 1 fully saturated rings. The molecule has 154 valence electrons. The number of nitrogens with zero attached hydrogens (tertiary/aromatic N) is 1. The number of amides is 2. The number of rotatable bonds is 7. The SMILES string of the molecule is CN(C)C(=O)c1ccc(NC(=O)COc2ccc(NC3CCCCC3)cc2)cc1. The zero-order valence-corrected chi connectivity index (χ0v) is 17.1. The molecule has 0 atom stereocenters. The average Bonchev–Trinajstić information content (AvgIpc) is 2.74. The van der Waals surface area contributed by atoms with Crippen molar-refractivity contribution in [1.29, 1.82) is 0 Å². The highest BCUT2D eigenvalue weighted by atomic mass is 16.5. The van der Waals surface area contributed by atoms with Crippen LogP contribution in [0.2, 0.25) is 0 Å². The normalized spacial score (nSPS) is 14.1. The van der Waals surface area contributed by atoms with Crippen molar-refractivity contribution < 1.29 is 14.3 Å². The Morgan fingerprint density at radius 2 is 1.55 bits per heavy atom. The van der Waals surface area contributed by atoms with Crippen LogP contribution in [-0.4, -0.2) is 43.5 Å². The molecule has 2 aromatic carbocycles. The molecule has 29 heavy (non-hydrogen) atoms. The Morgan fingerprint density at radius 3 is 2.17 bits per heavy atom. The molecule has 2 N–H and O–H groups in total. The van der Waals surface area contributed by atoms with Gasteiger partial charge in [0.15, 0.2) is 6.61 Å². The number of carbonyl (C=O) groups excluding carboxylic acids is 2. The highest BCUT2D eigenvalue weighted by Crippen LogP contribution is 2.23. The maximum absolute atomic E-state index is 12.1. The molecule has 0 bridgehead atoms. The van der Waals surface area contributed by atoms with E-state index in [1.165, 1.54) is 37.0 Å². The van der Waals surface area contributed by atoms with Gasteiger partial charge in [-0.25, -0.2) is 0 Å². The third-order valence-corrected chi connectivity index (χ3v) is 5.02. The standard InChI is InChI=1S/C23H29N3O3/c1-26(2)23(28)17-8-10-20(11-9-17)25-22(27)16-29-21-14-12-19(13-15-21)24-18-6-4-3-5-7-18/h8-15,18,24H,3-7,16H2,1-2H3,(H,25,27). The largest absolute Gasteiger partial charge is 0.484 e. The van der Waals surface area contributed by atoms with Crippen LogP contribution >= 0.6 is 0 Å². The zero-order valence-electron chi connectivity index (χ0n) is 17.1. The maximum Gasteiger partial charge on any atom is 0.262 e. The van der Waals surface area contributed by atoms with Gasteiger partial charge in [0.05, 0.1) is 0 Å². The molecular formula is C23H29N3O3. The Labute approximate surface area is 172 Å². The first-order chi connectivity index (χ1) is 14.0. The molecule has 0 saturated heterocycles. The first-order valence-corrected chi connectivity index (χ1v) is 10.1. The lowest BCUT2D eigenvalue weighted by Gasteiger charge is -2.23. The van der Waals surface area contributed by atoms with E-state index < -0.39 is 0 Å². The van der Waals surface area contributed by atoms with Gasteiger partial charge in [-0.2, -0.15) is 0 Å². The molecule has 3 rings (SSSR count). The monoisotopic (exact) mass is 395 g/mol. The molecule has 6 nitrogen and oxygen atoms in total. The number of nitrogens with one attached hydrogen (secondary N) is 2. The van der Waals surface area contributed by atoms with E-state index in [0.29, 0.717) is 23.0 Å². The van der Waals surface area contributed by atoms with E-state index in [1.54, 1.807) is 38.4 Å². The lowest BCUT2D eigenvalue weighted by Crippen LogP contribution is -2.22. The molecule has 0 unspecified atom stereocenters. The van der Waals surface area contributed by atoms with Gasteiger partial charge in [-0.3, -0.25) is 9.59 Å². The minimum atomic E-state index is -0.249. The molecule has 1 aliphatic rings. The van der Waals surface area contributed by atoms with Gasteiger partial charge in [-0.1, -0.05) is 19.3 Å². The minimum absolute atomic E-state index is 0.0756. The van der Waals surface area contributed by atoms with Gasteiger partial charge in [0.1, 0.15) is 5.75 Å². The van der Waals surface area contributed by atoms with Crippen LogP contribution < -0.4 is 15.4 Å². The van der Waals surface area contributed by atoms with Crippen molar-refractivity contribution in [2.75, 3.05) is 31.3 Å². The van der Waals surface area contributed by atoms with E-state index in [2.05, 4.69) is 10.6 Å². The lowest BCUT2D eigenvalue weighted by atomic mass is 9.95. The summed E-state index contributed by atoms with van der Waals surface area (Å²) in [6.07, 6.45) is 6.38. The first kappa shape index (κ1) is 20.7. The fourth-order valence-corrected chi connectivity index (χ4v) is 3.43.